The van der Waals surface area contributed by atoms with Gasteiger partial charge in [-0.1, -0.05) is 18.5 Å². The molecule has 0 aliphatic heterocycles. The molecule has 2 nitrogen and oxygen atoms in total. The van der Waals surface area contributed by atoms with Crippen molar-refractivity contribution in [2.45, 2.75) is 19.8 Å². The molecule has 0 atom stereocenters. The molecular weight excluding hydrogens is 188 g/mol. The van der Waals surface area contributed by atoms with E-state index in [1.165, 1.54) is 12.1 Å². The second kappa shape index (κ2) is 4.28. The molecule has 70 valence electrons. The summed E-state index contributed by atoms with van der Waals surface area (Å²) in [5.74, 6) is -0.00177. The van der Waals surface area contributed by atoms with Crippen molar-refractivity contribution in [3.63, 3.8) is 0 Å². The molecule has 1 rings (SSSR count). The molecule has 1 N–H and O–H groups in total. The van der Waals surface area contributed by atoms with Crippen LogP contribution in [0.3, 0.4) is 0 Å². The molecule has 0 aliphatic rings. The van der Waals surface area contributed by atoms with Gasteiger partial charge in [-0.25, -0.2) is 0 Å². The van der Waals surface area contributed by atoms with E-state index in [0.29, 0.717) is 12.0 Å². The molecule has 1 aromatic carbocycles. The maximum absolute atomic E-state index is 11.4. The summed E-state index contributed by atoms with van der Waals surface area (Å²) in [7, 11) is 0. The van der Waals surface area contributed by atoms with Crippen LogP contribution in [0.15, 0.2) is 18.2 Å². The lowest BCUT2D eigenvalue weighted by Crippen LogP contribution is -1.97. The average Bonchev–Trinajstić information content (AvgIpc) is 2.10. The topological polar surface area (TPSA) is 37.3 Å². The Hall–Kier alpha value is -1.02. The molecule has 0 amide bonds. The summed E-state index contributed by atoms with van der Waals surface area (Å²) in [5.41, 5.74) is 0.517. The molecule has 0 radical (unpaired) electrons. The van der Waals surface area contributed by atoms with E-state index in [4.69, 9.17) is 11.6 Å². The number of carbonyl (C=O) groups is 1. The van der Waals surface area contributed by atoms with Crippen LogP contribution >= 0.6 is 11.6 Å². The number of halogens is 1. The second-order valence-corrected chi connectivity index (χ2v) is 3.25. The van der Waals surface area contributed by atoms with Crippen molar-refractivity contribution in [2.75, 3.05) is 0 Å². The lowest BCUT2D eigenvalue weighted by Gasteiger charge is -2.00. The molecular formula is C10H11ClO2. The van der Waals surface area contributed by atoms with Crippen LogP contribution in [-0.4, -0.2) is 10.9 Å². The third kappa shape index (κ3) is 2.46. The Morgan fingerprint density at radius 2 is 2.23 bits per heavy atom. The molecule has 0 spiro atoms. The third-order valence-corrected chi connectivity index (χ3v) is 2.06. The molecule has 0 aliphatic carbocycles. The van der Waals surface area contributed by atoms with Gasteiger partial charge in [0.1, 0.15) is 5.75 Å². The standard InChI is InChI=1S/C10H11ClO2/c1-2-3-9(12)7-4-5-8(11)10(13)6-7/h4-6,13H,2-3H2,1H3. The van der Waals surface area contributed by atoms with E-state index in [9.17, 15) is 9.90 Å². The number of hydrogen-bond donors (Lipinski definition) is 1. The fourth-order valence-corrected chi connectivity index (χ4v) is 1.18. The monoisotopic (exact) mass is 198 g/mol. The zero-order valence-corrected chi connectivity index (χ0v) is 8.14. The van der Waals surface area contributed by atoms with Gasteiger partial charge in [0, 0.05) is 12.0 Å². The van der Waals surface area contributed by atoms with Crippen LogP contribution in [0, 0.1) is 0 Å². The Labute approximate surface area is 82.2 Å². The minimum Gasteiger partial charge on any atom is -0.506 e. The number of rotatable bonds is 3. The van der Waals surface area contributed by atoms with Crippen LogP contribution in [0.25, 0.3) is 0 Å². The molecule has 0 saturated carbocycles. The van der Waals surface area contributed by atoms with E-state index < -0.39 is 0 Å². The smallest absolute Gasteiger partial charge is 0.163 e. The van der Waals surface area contributed by atoms with Crippen LogP contribution in [0.4, 0.5) is 0 Å². The third-order valence-electron chi connectivity index (χ3n) is 1.75. The number of ketones is 1. The van der Waals surface area contributed by atoms with Crippen molar-refractivity contribution >= 4 is 17.4 Å². The second-order valence-electron chi connectivity index (χ2n) is 2.84. The summed E-state index contributed by atoms with van der Waals surface area (Å²) < 4.78 is 0. The summed E-state index contributed by atoms with van der Waals surface area (Å²) in [6.45, 7) is 1.94. The van der Waals surface area contributed by atoms with Gasteiger partial charge in [0.2, 0.25) is 0 Å². The van der Waals surface area contributed by atoms with Crippen molar-refractivity contribution in [1.82, 2.24) is 0 Å². The molecule has 1 aromatic rings. The first-order chi connectivity index (χ1) is 6.15. The molecule has 0 heterocycles. The van der Waals surface area contributed by atoms with Gasteiger partial charge >= 0.3 is 0 Å². The number of phenols is 1. The van der Waals surface area contributed by atoms with Gasteiger partial charge < -0.3 is 5.11 Å². The predicted octanol–water partition coefficient (Wildman–Crippen LogP) is 3.03. The first-order valence-corrected chi connectivity index (χ1v) is 4.54. The maximum Gasteiger partial charge on any atom is 0.163 e. The van der Waals surface area contributed by atoms with Gasteiger partial charge in [0.15, 0.2) is 5.78 Å². The number of benzene rings is 1. The Morgan fingerprint density at radius 1 is 1.54 bits per heavy atom. The summed E-state index contributed by atoms with van der Waals surface area (Å²) in [6, 6.07) is 4.56. The summed E-state index contributed by atoms with van der Waals surface area (Å²) in [4.78, 5) is 11.4. The lowest BCUT2D eigenvalue weighted by atomic mass is 10.1. The van der Waals surface area contributed by atoms with E-state index in [1.54, 1.807) is 6.07 Å². The predicted molar refractivity (Wildman–Crippen MR) is 52.4 cm³/mol. The van der Waals surface area contributed by atoms with E-state index in [2.05, 4.69) is 0 Å². The highest BCUT2D eigenvalue weighted by Gasteiger charge is 2.06. The number of Topliss-reactive ketones (excluding diaryl/α,β-unsaturated/α-hetero) is 1. The molecule has 0 fully saturated rings. The SMILES string of the molecule is CCCC(=O)c1ccc(Cl)c(O)c1. The van der Waals surface area contributed by atoms with Gasteiger partial charge in [0.05, 0.1) is 5.02 Å². The first-order valence-electron chi connectivity index (χ1n) is 4.17. The molecule has 0 saturated heterocycles. The van der Waals surface area contributed by atoms with Crippen molar-refractivity contribution in [3.8, 4) is 5.75 Å². The number of hydrogen-bond acceptors (Lipinski definition) is 2. The summed E-state index contributed by atoms with van der Waals surface area (Å²) in [6.07, 6.45) is 1.31. The van der Waals surface area contributed by atoms with Crippen molar-refractivity contribution in [2.24, 2.45) is 0 Å². The van der Waals surface area contributed by atoms with Crippen molar-refractivity contribution in [3.05, 3.63) is 28.8 Å². The van der Waals surface area contributed by atoms with E-state index >= 15 is 0 Å². The molecule has 13 heavy (non-hydrogen) atoms. The van der Waals surface area contributed by atoms with Gasteiger partial charge in [0.25, 0.3) is 0 Å². The largest absolute Gasteiger partial charge is 0.506 e. The van der Waals surface area contributed by atoms with Crippen LogP contribution in [-0.2, 0) is 0 Å². The van der Waals surface area contributed by atoms with E-state index in [0.717, 1.165) is 6.42 Å². The van der Waals surface area contributed by atoms with Crippen LogP contribution in [0.1, 0.15) is 30.1 Å². The fraction of sp³-hybridized carbons (Fsp3) is 0.300. The maximum atomic E-state index is 11.4. The Balaban J connectivity index is 2.90. The molecule has 0 unspecified atom stereocenters. The number of carbonyl (C=O) groups excluding carboxylic acids is 1. The average molecular weight is 199 g/mol. The van der Waals surface area contributed by atoms with E-state index in [1.807, 2.05) is 6.92 Å². The van der Waals surface area contributed by atoms with E-state index in [-0.39, 0.29) is 16.6 Å². The summed E-state index contributed by atoms with van der Waals surface area (Å²) in [5, 5.41) is 9.50. The fourth-order valence-electron chi connectivity index (χ4n) is 1.06. The highest BCUT2D eigenvalue weighted by Crippen LogP contribution is 2.24. The molecule has 3 heteroatoms. The van der Waals surface area contributed by atoms with Crippen LogP contribution < -0.4 is 0 Å². The number of aromatic hydroxyl groups is 1. The van der Waals surface area contributed by atoms with Crippen molar-refractivity contribution < 1.29 is 9.90 Å². The Morgan fingerprint density at radius 3 is 2.77 bits per heavy atom. The van der Waals surface area contributed by atoms with Gasteiger partial charge in [-0.2, -0.15) is 0 Å². The zero-order valence-electron chi connectivity index (χ0n) is 7.38. The zero-order chi connectivity index (χ0) is 9.84. The molecule has 0 aromatic heterocycles. The van der Waals surface area contributed by atoms with Gasteiger partial charge in [-0.05, 0) is 24.6 Å². The van der Waals surface area contributed by atoms with Crippen LogP contribution in [0.2, 0.25) is 5.02 Å². The van der Waals surface area contributed by atoms with Crippen LogP contribution in [0.5, 0.6) is 5.75 Å². The van der Waals surface area contributed by atoms with Crippen molar-refractivity contribution in [1.29, 1.82) is 0 Å². The minimum atomic E-state index is -0.0383. The Bertz CT molecular complexity index is 321. The normalized spacial score (nSPS) is 10.0. The lowest BCUT2D eigenvalue weighted by molar-refractivity contribution is 0.0981. The number of phenolic OH excluding ortho intramolecular Hbond substituents is 1. The quantitative estimate of drug-likeness (QED) is 0.759. The Kier molecular flexibility index (Phi) is 3.32. The highest BCUT2D eigenvalue weighted by molar-refractivity contribution is 6.32. The van der Waals surface area contributed by atoms with Gasteiger partial charge in [-0.3, -0.25) is 4.79 Å². The summed E-state index contributed by atoms with van der Waals surface area (Å²) >= 11 is 5.60. The minimum absolute atomic E-state index is 0.0365. The highest BCUT2D eigenvalue weighted by atomic mass is 35.5. The van der Waals surface area contributed by atoms with Gasteiger partial charge in [-0.15, -0.1) is 0 Å². The first kappa shape index (κ1) is 10.1. The molecule has 0 bridgehead atoms.